The van der Waals surface area contributed by atoms with Crippen LogP contribution in [0.25, 0.3) is 5.69 Å². The normalized spacial score (nSPS) is 11.3. The molecule has 0 fully saturated rings. The fourth-order valence-electron chi connectivity index (χ4n) is 2.78. The number of rotatable bonds is 6. The summed E-state index contributed by atoms with van der Waals surface area (Å²) in [5.41, 5.74) is -1.74. The third-order valence-corrected chi connectivity index (χ3v) is 5.69. The molecule has 2 aromatic carbocycles. The van der Waals surface area contributed by atoms with Crippen LogP contribution in [-0.2, 0) is 6.54 Å². The summed E-state index contributed by atoms with van der Waals surface area (Å²) in [5.74, 6) is -2.97. The third-order valence-electron chi connectivity index (χ3n) is 4.29. The summed E-state index contributed by atoms with van der Waals surface area (Å²) in [7, 11) is 0. The van der Waals surface area contributed by atoms with Gasteiger partial charge >= 0.3 is 5.69 Å². The first kappa shape index (κ1) is 22.1. The van der Waals surface area contributed by atoms with Gasteiger partial charge in [-0.1, -0.05) is 17.4 Å². The lowest BCUT2D eigenvalue weighted by molar-refractivity contribution is 0.143. The maximum Gasteiger partial charge on any atom is 0.350 e. The zero-order valence-electron chi connectivity index (χ0n) is 15.6. The van der Waals surface area contributed by atoms with Crippen LogP contribution >= 0.6 is 27.3 Å². The molecule has 2 heterocycles. The Morgan fingerprint density at radius 3 is 2.47 bits per heavy atom. The SMILES string of the molecule is O=c1n(Cc2c(F)cccc2F)cnn1-c1ccc(Oc2sc(Br)nc2C(F)F)c(F)c1. The van der Waals surface area contributed by atoms with Crippen molar-refractivity contribution < 1.29 is 26.7 Å². The summed E-state index contributed by atoms with van der Waals surface area (Å²) in [6, 6.07) is 6.64. The van der Waals surface area contributed by atoms with Crippen LogP contribution in [0.2, 0.25) is 0 Å². The van der Waals surface area contributed by atoms with Crippen LogP contribution in [0.3, 0.4) is 0 Å². The van der Waals surface area contributed by atoms with E-state index in [9.17, 15) is 26.7 Å². The molecule has 0 amide bonds. The first-order valence-corrected chi connectivity index (χ1v) is 10.3. The van der Waals surface area contributed by atoms with Crippen LogP contribution in [0.1, 0.15) is 17.7 Å². The van der Waals surface area contributed by atoms with Gasteiger partial charge in [-0.2, -0.15) is 9.78 Å². The minimum Gasteiger partial charge on any atom is -0.441 e. The molecule has 0 atom stereocenters. The molecule has 32 heavy (non-hydrogen) atoms. The largest absolute Gasteiger partial charge is 0.441 e. The van der Waals surface area contributed by atoms with Crippen molar-refractivity contribution >= 4 is 27.3 Å². The van der Waals surface area contributed by atoms with Gasteiger partial charge in [-0.15, -0.1) is 0 Å². The Kier molecular flexibility index (Phi) is 6.11. The lowest BCUT2D eigenvalue weighted by Crippen LogP contribution is -2.24. The van der Waals surface area contributed by atoms with E-state index in [2.05, 4.69) is 26.0 Å². The monoisotopic (exact) mass is 532 g/mol. The van der Waals surface area contributed by atoms with Crippen LogP contribution in [0.5, 0.6) is 10.8 Å². The van der Waals surface area contributed by atoms with E-state index in [1.807, 2.05) is 0 Å². The molecule has 2 aromatic heterocycles. The van der Waals surface area contributed by atoms with E-state index in [4.69, 9.17) is 4.74 Å². The molecule has 0 N–H and O–H groups in total. The summed E-state index contributed by atoms with van der Waals surface area (Å²) in [6.07, 6.45) is -1.86. The van der Waals surface area contributed by atoms with Crippen LogP contribution in [0, 0.1) is 17.5 Å². The van der Waals surface area contributed by atoms with E-state index in [0.717, 1.165) is 51.2 Å². The second-order valence-corrected chi connectivity index (χ2v) is 8.55. The number of thiazole rings is 1. The molecular formula is C19H10BrF5N4O2S. The van der Waals surface area contributed by atoms with E-state index < -0.39 is 41.8 Å². The van der Waals surface area contributed by atoms with E-state index in [0.29, 0.717) is 0 Å². The highest BCUT2D eigenvalue weighted by Crippen LogP contribution is 2.40. The first-order chi connectivity index (χ1) is 15.2. The molecule has 0 unspecified atom stereocenters. The molecule has 166 valence electrons. The van der Waals surface area contributed by atoms with E-state index in [-0.39, 0.29) is 26.0 Å². The molecule has 0 radical (unpaired) electrons. The fourth-order valence-corrected chi connectivity index (χ4v) is 4.08. The molecule has 0 aliphatic rings. The Bertz CT molecular complexity index is 1330. The predicted molar refractivity (Wildman–Crippen MR) is 108 cm³/mol. The average molecular weight is 533 g/mol. The van der Waals surface area contributed by atoms with Gasteiger partial charge in [0.25, 0.3) is 6.43 Å². The number of alkyl halides is 2. The number of aromatic nitrogens is 4. The van der Waals surface area contributed by atoms with Gasteiger partial charge < -0.3 is 4.74 Å². The first-order valence-electron chi connectivity index (χ1n) is 8.74. The molecule has 0 bridgehead atoms. The van der Waals surface area contributed by atoms with Crippen LogP contribution in [-0.4, -0.2) is 19.3 Å². The Labute approximate surface area is 188 Å². The highest BCUT2D eigenvalue weighted by molar-refractivity contribution is 9.11. The summed E-state index contributed by atoms with van der Waals surface area (Å²) in [6.45, 7) is -0.419. The highest BCUT2D eigenvalue weighted by Gasteiger charge is 2.22. The molecule has 6 nitrogen and oxygen atoms in total. The molecule has 0 saturated carbocycles. The summed E-state index contributed by atoms with van der Waals surface area (Å²) in [5, 5.41) is 3.55. The van der Waals surface area contributed by atoms with E-state index >= 15 is 0 Å². The summed E-state index contributed by atoms with van der Waals surface area (Å²) >= 11 is 3.73. The van der Waals surface area contributed by atoms with E-state index in [1.165, 1.54) is 12.1 Å². The van der Waals surface area contributed by atoms with Crippen molar-refractivity contribution in [2.45, 2.75) is 13.0 Å². The number of hydrogen-bond acceptors (Lipinski definition) is 5. The second-order valence-electron chi connectivity index (χ2n) is 6.31. The fraction of sp³-hybridized carbons (Fsp3) is 0.105. The van der Waals surface area contributed by atoms with E-state index in [1.54, 1.807) is 0 Å². The van der Waals surface area contributed by atoms with Gasteiger partial charge in [-0.25, -0.2) is 31.7 Å². The predicted octanol–water partition coefficient (Wildman–Crippen LogP) is 5.45. The zero-order valence-corrected chi connectivity index (χ0v) is 18.0. The van der Waals surface area contributed by atoms with Crippen molar-refractivity contribution in [2.75, 3.05) is 0 Å². The van der Waals surface area contributed by atoms with Crippen molar-refractivity contribution in [3.8, 4) is 16.5 Å². The minimum atomic E-state index is -2.92. The topological polar surface area (TPSA) is 61.9 Å². The smallest absolute Gasteiger partial charge is 0.350 e. The molecular weight excluding hydrogens is 523 g/mol. The standard InChI is InChI=1S/C19H10BrF5N4O2S/c20-18-27-15(16(24)25)17(32-18)31-14-5-4-9(6-13(14)23)29-19(30)28(8-26-29)7-10-11(21)2-1-3-12(10)22/h1-6,8,16H,7H2. The second kappa shape index (κ2) is 8.82. The molecule has 13 heteroatoms. The highest BCUT2D eigenvalue weighted by atomic mass is 79.9. The minimum absolute atomic E-state index is 0.00725. The molecule has 4 aromatic rings. The average Bonchev–Trinajstić information content (AvgIpc) is 3.29. The van der Waals surface area contributed by atoms with Crippen molar-refractivity contribution in [1.82, 2.24) is 19.3 Å². The van der Waals surface area contributed by atoms with Gasteiger partial charge in [0.2, 0.25) is 5.06 Å². The zero-order chi connectivity index (χ0) is 23.0. The number of ether oxygens (including phenoxy) is 1. The quantitative estimate of drug-likeness (QED) is 0.310. The molecule has 0 spiro atoms. The van der Waals surface area contributed by atoms with Crippen molar-refractivity contribution in [3.63, 3.8) is 0 Å². The summed E-state index contributed by atoms with van der Waals surface area (Å²) < 4.78 is 75.5. The molecule has 0 aliphatic heterocycles. The number of nitrogens with zero attached hydrogens (tertiary/aromatic N) is 4. The van der Waals surface area contributed by atoms with Gasteiger partial charge in [-0.3, -0.25) is 4.57 Å². The molecule has 0 aliphatic carbocycles. The summed E-state index contributed by atoms with van der Waals surface area (Å²) in [4.78, 5) is 16.2. The van der Waals surface area contributed by atoms with Crippen LogP contribution < -0.4 is 10.4 Å². The Hall–Kier alpha value is -3.06. The van der Waals surface area contributed by atoms with Crippen molar-refractivity contribution in [1.29, 1.82) is 0 Å². The van der Waals surface area contributed by atoms with Crippen molar-refractivity contribution in [3.05, 3.63) is 85.8 Å². The molecule has 4 rings (SSSR count). The lowest BCUT2D eigenvalue weighted by atomic mass is 10.2. The number of benzene rings is 2. The van der Waals surface area contributed by atoms with Crippen molar-refractivity contribution in [2.24, 2.45) is 0 Å². The van der Waals surface area contributed by atoms with Gasteiger partial charge in [0, 0.05) is 11.6 Å². The van der Waals surface area contributed by atoms with Gasteiger partial charge in [-0.05, 0) is 40.2 Å². The Morgan fingerprint density at radius 2 is 1.81 bits per heavy atom. The maximum absolute atomic E-state index is 14.6. The van der Waals surface area contributed by atoms with Crippen LogP contribution in [0.4, 0.5) is 22.0 Å². The Morgan fingerprint density at radius 1 is 1.09 bits per heavy atom. The Balaban J connectivity index is 1.61. The van der Waals surface area contributed by atoms with Crippen LogP contribution in [0.15, 0.2) is 51.4 Å². The maximum atomic E-state index is 14.6. The van der Waals surface area contributed by atoms with Gasteiger partial charge in [0.05, 0.1) is 12.2 Å². The van der Waals surface area contributed by atoms with Gasteiger partial charge in [0.1, 0.15) is 18.0 Å². The number of hydrogen-bond donors (Lipinski definition) is 0. The lowest BCUT2D eigenvalue weighted by Gasteiger charge is -2.08. The number of halogens is 6. The van der Waals surface area contributed by atoms with Gasteiger partial charge in [0.15, 0.2) is 21.2 Å². The third kappa shape index (κ3) is 4.30. The molecule has 0 saturated heterocycles.